The normalized spacial score (nSPS) is 16.6. The Kier molecular flexibility index (Phi) is 6.25. The minimum atomic E-state index is 0.449. The summed E-state index contributed by atoms with van der Waals surface area (Å²) in [5.74, 6) is 2.00. The maximum Gasteiger partial charge on any atom is 0.227 e. The summed E-state index contributed by atoms with van der Waals surface area (Å²) in [5, 5.41) is 12.6. The molecule has 2 aromatic heterocycles. The molecule has 0 radical (unpaired) electrons. The van der Waals surface area contributed by atoms with Gasteiger partial charge in [0.15, 0.2) is 11.6 Å². The van der Waals surface area contributed by atoms with Crippen LogP contribution in [0.2, 0.25) is 0 Å². The van der Waals surface area contributed by atoms with E-state index in [4.69, 9.17) is 9.47 Å². The summed E-state index contributed by atoms with van der Waals surface area (Å²) < 4.78 is 11.0. The lowest BCUT2D eigenvalue weighted by Gasteiger charge is -2.43. The molecule has 0 saturated carbocycles. The van der Waals surface area contributed by atoms with Gasteiger partial charge in [0, 0.05) is 44.0 Å². The van der Waals surface area contributed by atoms with Gasteiger partial charge in [-0.3, -0.25) is 4.90 Å². The van der Waals surface area contributed by atoms with E-state index in [2.05, 4.69) is 36.1 Å². The number of hydrogen-bond acceptors (Lipinski definition) is 9. The SMILES string of the molecule is COc1cc(Nc2nccc(-c3ccc(C)c(C#N)c3)n2)cnc1N1CCN(C2COC2)CC1. The van der Waals surface area contributed by atoms with E-state index in [1.165, 1.54) is 0 Å². The average molecular weight is 458 g/mol. The van der Waals surface area contributed by atoms with Gasteiger partial charge >= 0.3 is 0 Å². The zero-order valence-corrected chi connectivity index (χ0v) is 19.4. The van der Waals surface area contributed by atoms with E-state index in [0.29, 0.717) is 23.3 Å². The number of rotatable bonds is 6. The highest BCUT2D eigenvalue weighted by atomic mass is 16.5. The molecule has 2 fully saturated rings. The molecule has 0 unspecified atom stereocenters. The van der Waals surface area contributed by atoms with Crippen LogP contribution in [0.1, 0.15) is 11.1 Å². The van der Waals surface area contributed by atoms with Crippen molar-refractivity contribution in [2.45, 2.75) is 13.0 Å². The first-order valence-electron chi connectivity index (χ1n) is 11.4. The molecular weight excluding hydrogens is 430 g/mol. The molecule has 0 amide bonds. The number of aryl methyl sites for hydroxylation is 1. The Hall–Kier alpha value is -3.74. The van der Waals surface area contributed by atoms with Crippen LogP contribution in [0.3, 0.4) is 0 Å². The van der Waals surface area contributed by atoms with Crippen LogP contribution in [0.15, 0.2) is 42.7 Å². The first-order valence-corrected chi connectivity index (χ1v) is 11.4. The third-order valence-corrected chi connectivity index (χ3v) is 6.37. The quantitative estimate of drug-likeness (QED) is 0.599. The van der Waals surface area contributed by atoms with Gasteiger partial charge in [0.2, 0.25) is 5.95 Å². The number of anilines is 3. The van der Waals surface area contributed by atoms with Gasteiger partial charge in [0.1, 0.15) is 0 Å². The summed E-state index contributed by atoms with van der Waals surface area (Å²) >= 11 is 0. The van der Waals surface area contributed by atoms with Crippen LogP contribution in [0.5, 0.6) is 5.75 Å². The van der Waals surface area contributed by atoms with Crippen LogP contribution < -0.4 is 15.0 Å². The number of methoxy groups -OCH3 is 1. The highest BCUT2D eigenvalue weighted by Gasteiger charge is 2.30. The van der Waals surface area contributed by atoms with E-state index >= 15 is 0 Å². The average Bonchev–Trinajstić information content (AvgIpc) is 2.84. The lowest BCUT2D eigenvalue weighted by molar-refractivity contribution is -0.0661. The maximum absolute atomic E-state index is 9.33. The molecule has 3 aromatic rings. The summed E-state index contributed by atoms with van der Waals surface area (Å²) in [6, 6.07) is 12.3. The molecule has 5 rings (SSSR count). The molecule has 0 aliphatic carbocycles. The molecule has 2 saturated heterocycles. The summed E-state index contributed by atoms with van der Waals surface area (Å²) in [6.45, 7) is 7.39. The fraction of sp³-hybridized carbons (Fsp3) is 0.360. The van der Waals surface area contributed by atoms with Crippen LogP contribution in [0, 0.1) is 18.3 Å². The highest BCUT2D eigenvalue weighted by Crippen LogP contribution is 2.31. The number of ether oxygens (including phenoxy) is 2. The molecule has 2 aliphatic rings. The van der Waals surface area contributed by atoms with Crippen molar-refractivity contribution in [2.24, 2.45) is 0 Å². The Morgan fingerprint density at radius 1 is 1.12 bits per heavy atom. The second-order valence-electron chi connectivity index (χ2n) is 8.50. The van der Waals surface area contributed by atoms with Crippen LogP contribution in [0.25, 0.3) is 11.3 Å². The van der Waals surface area contributed by atoms with Crippen molar-refractivity contribution in [1.82, 2.24) is 19.9 Å². The number of hydrogen-bond donors (Lipinski definition) is 1. The highest BCUT2D eigenvalue weighted by molar-refractivity contribution is 5.66. The van der Waals surface area contributed by atoms with Gasteiger partial charge < -0.3 is 19.7 Å². The van der Waals surface area contributed by atoms with Gasteiger partial charge in [-0.1, -0.05) is 12.1 Å². The second kappa shape index (κ2) is 9.63. The number of nitrogens with zero attached hydrogens (tertiary/aromatic N) is 6. The zero-order valence-electron chi connectivity index (χ0n) is 19.4. The second-order valence-corrected chi connectivity index (χ2v) is 8.50. The lowest BCUT2D eigenvalue weighted by atomic mass is 10.0. The van der Waals surface area contributed by atoms with E-state index < -0.39 is 0 Å². The molecule has 0 spiro atoms. The van der Waals surface area contributed by atoms with E-state index in [-0.39, 0.29) is 0 Å². The fourth-order valence-electron chi connectivity index (χ4n) is 4.24. The van der Waals surface area contributed by atoms with Gasteiger partial charge in [0.05, 0.1) is 55.6 Å². The summed E-state index contributed by atoms with van der Waals surface area (Å²) in [4.78, 5) is 18.4. The number of benzene rings is 1. The molecule has 9 nitrogen and oxygen atoms in total. The molecule has 1 aromatic carbocycles. The van der Waals surface area contributed by atoms with E-state index in [1.54, 1.807) is 19.5 Å². The van der Waals surface area contributed by atoms with Crippen LogP contribution in [0.4, 0.5) is 17.5 Å². The standard InChI is InChI=1S/C25H27N7O2/c1-17-3-4-18(11-19(17)13-26)22-5-6-27-25(30-22)29-20-12-23(33-2)24(28-14-20)32-9-7-31(8-10-32)21-15-34-16-21/h3-6,11-12,14,21H,7-10,15-16H2,1-2H3,(H,27,29,30). The van der Waals surface area contributed by atoms with Gasteiger partial charge in [0.25, 0.3) is 0 Å². The van der Waals surface area contributed by atoms with Gasteiger partial charge in [-0.05, 0) is 24.6 Å². The van der Waals surface area contributed by atoms with E-state index in [0.717, 1.165) is 67.7 Å². The number of nitriles is 1. The van der Waals surface area contributed by atoms with Crippen molar-refractivity contribution in [2.75, 3.05) is 56.7 Å². The molecule has 174 valence electrons. The largest absolute Gasteiger partial charge is 0.493 e. The van der Waals surface area contributed by atoms with Gasteiger partial charge in [-0.2, -0.15) is 5.26 Å². The van der Waals surface area contributed by atoms with Crippen molar-refractivity contribution < 1.29 is 9.47 Å². The van der Waals surface area contributed by atoms with Crippen molar-refractivity contribution in [3.63, 3.8) is 0 Å². The number of pyridine rings is 1. The minimum Gasteiger partial charge on any atom is -0.493 e. The topological polar surface area (TPSA) is 99.4 Å². The first kappa shape index (κ1) is 22.1. The van der Waals surface area contributed by atoms with Gasteiger partial charge in [-0.25, -0.2) is 15.0 Å². The molecule has 34 heavy (non-hydrogen) atoms. The Labute approximate surface area is 199 Å². The van der Waals surface area contributed by atoms with Gasteiger partial charge in [-0.15, -0.1) is 0 Å². The fourth-order valence-corrected chi connectivity index (χ4v) is 4.24. The minimum absolute atomic E-state index is 0.449. The Morgan fingerprint density at radius 3 is 2.65 bits per heavy atom. The first-order chi connectivity index (χ1) is 16.6. The monoisotopic (exact) mass is 457 g/mol. The Balaban J connectivity index is 1.31. The molecule has 1 N–H and O–H groups in total. The summed E-state index contributed by atoms with van der Waals surface area (Å²) in [5.41, 5.74) is 3.92. The predicted molar refractivity (Wildman–Crippen MR) is 129 cm³/mol. The van der Waals surface area contributed by atoms with Crippen LogP contribution in [-0.4, -0.2) is 72.4 Å². The molecule has 4 heterocycles. The zero-order chi connectivity index (χ0) is 23.5. The van der Waals surface area contributed by atoms with Crippen molar-refractivity contribution in [3.8, 4) is 23.1 Å². The van der Waals surface area contributed by atoms with Crippen molar-refractivity contribution >= 4 is 17.5 Å². The van der Waals surface area contributed by atoms with E-state index in [1.807, 2.05) is 37.3 Å². The third-order valence-electron chi connectivity index (χ3n) is 6.37. The smallest absolute Gasteiger partial charge is 0.227 e. The molecule has 0 atom stereocenters. The number of aromatic nitrogens is 3. The maximum atomic E-state index is 9.33. The third kappa shape index (κ3) is 4.51. The van der Waals surface area contributed by atoms with Crippen molar-refractivity contribution in [1.29, 1.82) is 5.26 Å². The van der Waals surface area contributed by atoms with Crippen LogP contribution in [-0.2, 0) is 4.74 Å². The summed E-state index contributed by atoms with van der Waals surface area (Å²) in [6.07, 6.45) is 3.47. The molecule has 0 bridgehead atoms. The molecule has 2 aliphatic heterocycles. The number of nitrogens with one attached hydrogen (secondary N) is 1. The molecular formula is C25H27N7O2. The Morgan fingerprint density at radius 2 is 1.94 bits per heavy atom. The van der Waals surface area contributed by atoms with Crippen LogP contribution >= 0.6 is 0 Å². The number of piperazine rings is 1. The van der Waals surface area contributed by atoms with Crippen molar-refractivity contribution in [3.05, 3.63) is 53.9 Å². The molecule has 9 heteroatoms. The predicted octanol–water partition coefficient (Wildman–Crippen LogP) is 2.99. The lowest BCUT2D eigenvalue weighted by Crippen LogP contribution is -2.56. The Bertz CT molecular complexity index is 1210. The van der Waals surface area contributed by atoms with E-state index in [9.17, 15) is 5.26 Å². The summed E-state index contributed by atoms with van der Waals surface area (Å²) in [7, 11) is 1.66.